The summed E-state index contributed by atoms with van der Waals surface area (Å²) in [6.45, 7) is 3.17. The Morgan fingerprint density at radius 1 is 1.29 bits per heavy atom. The van der Waals surface area contributed by atoms with Gasteiger partial charge in [-0.15, -0.1) is 0 Å². The van der Waals surface area contributed by atoms with Crippen molar-refractivity contribution in [2.45, 2.75) is 31.9 Å². The summed E-state index contributed by atoms with van der Waals surface area (Å²) in [6, 6.07) is 4.56. The van der Waals surface area contributed by atoms with Crippen LogP contribution in [0.1, 0.15) is 37.5 Å². The smallest absolute Gasteiger partial charge is 0.317 e. The average Bonchev–Trinajstić information content (AvgIpc) is 3.28. The van der Waals surface area contributed by atoms with E-state index >= 15 is 0 Å². The number of carboxylic acids is 1. The molecule has 1 atom stereocenters. The van der Waals surface area contributed by atoms with Crippen LogP contribution >= 0.6 is 23.2 Å². The van der Waals surface area contributed by atoms with Crippen LogP contribution in [-0.2, 0) is 4.79 Å². The molecule has 34 heavy (non-hydrogen) atoms. The maximum atomic E-state index is 13.9. The zero-order chi connectivity index (χ0) is 24.4. The number of halogens is 3. The van der Waals surface area contributed by atoms with Crippen molar-refractivity contribution >= 4 is 35.0 Å². The maximum absolute atomic E-state index is 13.9. The van der Waals surface area contributed by atoms with Crippen LogP contribution in [-0.4, -0.2) is 50.4 Å². The third-order valence-electron chi connectivity index (χ3n) is 5.90. The SMILES string of the molecule is CC(Oc1cc(-c2cnn(C3CCN(CC(=O)O)CC3)c2)cnc1N)c1c(Cl)ccc(F)c1Cl. The Balaban J connectivity index is 1.50. The van der Waals surface area contributed by atoms with Crippen molar-refractivity contribution in [2.75, 3.05) is 25.4 Å². The molecule has 8 nitrogen and oxygen atoms in total. The molecular weight excluding hydrogens is 484 g/mol. The minimum atomic E-state index is -0.815. The molecule has 3 N–H and O–H groups in total. The van der Waals surface area contributed by atoms with Crippen LogP contribution in [0.25, 0.3) is 11.1 Å². The van der Waals surface area contributed by atoms with Crippen LogP contribution in [0.5, 0.6) is 5.75 Å². The number of aliphatic carboxylic acids is 1. The Morgan fingerprint density at radius 2 is 2.03 bits per heavy atom. The number of pyridine rings is 1. The molecule has 1 aliphatic rings. The van der Waals surface area contributed by atoms with Crippen molar-refractivity contribution in [3.8, 4) is 16.9 Å². The second kappa shape index (κ2) is 10.2. The van der Waals surface area contributed by atoms with Gasteiger partial charge in [0.25, 0.3) is 0 Å². The Hall–Kier alpha value is -2.88. The van der Waals surface area contributed by atoms with Crippen LogP contribution in [0, 0.1) is 5.82 Å². The highest BCUT2D eigenvalue weighted by Gasteiger charge is 2.23. The number of carbonyl (C=O) groups is 1. The third kappa shape index (κ3) is 5.27. The van der Waals surface area contributed by atoms with E-state index in [2.05, 4.69) is 10.1 Å². The fourth-order valence-electron chi connectivity index (χ4n) is 4.09. The summed E-state index contributed by atoms with van der Waals surface area (Å²) in [4.78, 5) is 17.1. The highest BCUT2D eigenvalue weighted by atomic mass is 35.5. The van der Waals surface area contributed by atoms with E-state index in [-0.39, 0.29) is 28.4 Å². The summed E-state index contributed by atoms with van der Waals surface area (Å²) in [5.74, 6) is -0.906. The maximum Gasteiger partial charge on any atom is 0.317 e. The summed E-state index contributed by atoms with van der Waals surface area (Å²) in [7, 11) is 0. The van der Waals surface area contributed by atoms with Gasteiger partial charge in [0.05, 0.1) is 23.8 Å². The lowest BCUT2D eigenvalue weighted by Gasteiger charge is -2.30. The number of ether oxygens (including phenoxy) is 1. The molecule has 0 saturated carbocycles. The predicted octanol–water partition coefficient (Wildman–Crippen LogP) is 4.83. The quantitative estimate of drug-likeness (QED) is 0.440. The number of hydrogen-bond donors (Lipinski definition) is 2. The molecule has 0 bridgehead atoms. The molecule has 0 radical (unpaired) electrons. The van der Waals surface area contributed by atoms with Gasteiger partial charge in [-0.2, -0.15) is 5.10 Å². The molecule has 4 rings (SSSR count). The molecule has 11 heteroatoms. The Labute approximate surface area is 206 Å². The molecule has 1 fully saturated rings. The van der Waals surface area contributed by atoms with E-state index in [1.54, 1.807) is 25.4 Å². The number of rotatable bonds is 7. The van der Waals surface area contributed by atoms with Gasteiger partial charge in [-0.3, -0.25) is 14.4 Å². The number of benzene rings is 1. The summed E-state index contributed by atoms with van der Waals surface area (Å²) in [5, 5.41) is 13.7. The zero-order valence-electron chi connectivity index (χ0n) is 18.4. The van der Waals surface area contributed by atoms with Crippen LogP contribution < -0.4 is 10.5 Å². The van der Waals surface area contributed by atoms with Gasteiger partial charge in [-0.05, 0) is 38.0 Å². The highest BCUT2D eigenvalue weighted by molar-refractivity contribution is 6.36. The lowest BCUT2D eigenvalue weighted by molar-refractivity contribution is -0.138. The van der Waals surface area contributed by atoms with Crippen molar-refractivity contribution in [3.63, 3.8) is 0 Å². The monoisotopic (exact) mass is 507 g/mol. The first-order valence-electron chi connectivity index (χ1n) is 10.8. The van der Waals surface area contributed by atoms with E-state index in [9.17, 15) is 9.18 Å². The molecule has 0 spiro atoms. The highest BCUT2D eigenvalue weighted by Crippen LogP contribution is 2.37. The number of hydrogen-bond acceptors (Lipinski definition) is 6. The second-order valence-electron chi connectivity index (χ2n) is 8.23. The molecule has 3 heterocycles. The van der Waals surface area contributed by atoms with E-state index in [1.807, 2.05) is 15.8 Å². The van der Waals surface area contributed by atoms with E-state index in [4.69, 9.17) is 38.8 Å². The number of nitrogens with zero attached hydrogens (tertiary/aromatic N) is 4. The lowest BCUT2D eigenvalue weighted by atomic mass is 10.1. The molecule has 0 aliphatic carbocycles. The second-order valence-corrected chi connectivity index (χ2v) is 9.02. The molecular formula is C23H24Cl2FN5O3. The van der Waals surface area contributed by atoms with Crippen molar-refractivity contribution in [1.82, 2.24) is 19.7 Å². The first-order chi connectivity index (χ1) is 16.2. The van der Waals surface area contributed by atoms with Crippen LogP contribution in [0.15, 0.2) is 36.8 Å². The summed E-state index contributed by atoms with van der Waals surface area (Å²) in [5.41, 5.74) is 7.94. The van der Waals surface area contributed by atoms with Gasteiger partial charge in [-0.25, -0.2) is 9.37 Å². The van der Waals surface area contributed by atoms with Gasteiger partial charge >= 0.3 is 5.97 Å². The largest absolute Gasteiger partial charge is 0.482 e. The first-order valence-corrected chi connectivity index (χ1v) is 11.5. The normalized spacial score (nSPS) is 15.9. The van der Waals surface area contributed by atoms with Gasteiger partial charge in [0, 0.05) is 47.2 Å². The molecule has 1 unspecified atom stereocenters. The number of anilines is 1. The number of piperidine rings is 1. The Kier molecular flexibility index (Phi) is 7.25. The Morgan fingerprint density at radius 3 is 2.74 bits per heavy atom. The summed E-state index contributed by atoms with van der Waals surface area (Å²) < 4.78 is 21.8. The zero-order valence-corrected chi connectivity index (χ0v) is 19.9. The molecule has 3 aromatic rings. The number of nitrogen functional groups attached to an aromatic ring is 1. The fraction of sp³-hybridized carbons (Fsp3) is 0.348. The van der Waals surface area contributed by atoms with Crippen molar-refractivity contribution < 1.29 is 19.0 Å². The Bertz CT molecular complexity index is 1200. The molecule has 180 valence electrons. The number of carboxylic acid groups (broad SMARTS) is 1. The van der Waals surface area contributed by atoms with E-state index < -0.39 is 17.9 Å². The van der Waals surface area contributed by atoms with E-state index in [0.717, 1.165) is 24.0 Å². The number of likely N-dealkylation sites (tertiary alicyclic amines) is 1. The molecule has 1 saturated heterocycles. The standard InChI is InChI=1S/C23H24Cl2FN5O3/c1-13(21-17(24)2-3-18(26)22(21)25)34-19-8-14(9-28-23(19)27)15-10-29-31(11-15)16-4-6-30(7-5-16)12-20(32)33/h2-3,8-11,13,16H,4-7,12H2,1H3,(H2,27,28)(H,32,33). The predicted molar refractivity (Wildman–Crippen MR) is 128 cm³/mol. The van der Waals surface area contributed by atoms with Gasteiger partial charge in [0.15, 0.2) is 11.6 Å². The van der Waals surface area contributed by atoms with Gasteiger partial charge in [-0.1, -0.05) is 23.2 Å². The summed E-state index contributed by atoms with van der Waals surface area (Å²) >= 11 is 12.3. The van der Waals surface area contributed by atoms with Crippen LogP contribution in [0.4, 0.5) is 10.2 Å². The van der Waals surface area contributed by atoms with Gasteiger partial charge < -0.3 is 15.6 Å². The van der Waals surface area contributed by atoms with Crippen molar-refractivity contribution in [1.29, 1.82) is 0 Å². The van der Waals surface area contributed by atoms with E-state index in [0.29, 0.717) is 24.4 Å². The molecule has 0 amide bonds. The minimum Gasteiger partial charge on any atom is -0.482 e. The van der Waals surface area contributed by atoms with Crippen molar-refractivity contribution in [2.24, 2.45) is 0 Å². The number of aromatic nitrogens is 3. The number of nitrogens with two attached hydrogens (primary N) is 1. The van der Waals surface area contributed by atoms with Crippen molar-refractivity contribution in [3.05, 3.63) is 58.2 Å². The molecule has 1 aliphatic heterocycles. The third-order valence-corrected chi connectivity index (χ3v) is 6.61. The topological polar surface area (TPSA) is 106 Å². The summed E-state index contributed by atoms with van der Waals surface area (Å²) in [6.07, 6.45) is 6.26. The van der Waals surface area contributed by atoms with Gasteiger partial charge in [0.2, 0.25) is 0 Å². The molecule has 2 aromatic heterocycles. The molecule has 1 aromatic carbocycles. The average molecular weight is 508 g/mol. The lowest BCUT2D eigenvalue weighted by Crippen LogP contribution is -2.38. The minimum absolute atomic E-state index is 0.0570. The van der Waals surface area contributed by atoms with E-state index in [1.165, 1.54) is 12.1 Å². The fourth-order valence-corrected chi connectivity index (χ4v) is 4.77. The van der Waals surface area contributed by atoms with Crippen LogP contribution in [0.3, 0.4) is 0 Å². The van der Waals surface area contributed by atoms with Gasteiger partial charge in [0.1, 0.15) is 11.9 Å². The van der Waals surface area contributed by atoms with Crippen LogP contribution in [0.2, 0.25) is 10.0 Å². The first kappa shape index (κ1) is 24.3.